The van der Waals surface area contributed by atoms with Gasteiger partial charge in [-0.3, -0.25) is 9.00 Å². The Labute approximate surface area is 198 Å². The molecule has 33 heavy (non-hydrogen) atoms. The van der Waals surface area contributed by atoms with Crippen LogP contribution in [0.25, 0.3) is 0 Å². The van der Waals surface area contributed by atoms with Gasteiger partial charge in [0, 0.05) is 24.7 Å². The zero-order valence-corrected chi connectivity index (χ0v) is 19.7. The summed E-state index contributed by atoms with van der Waals surface area (Å²) >= 11 is 1.41. The van der Waals surface area contributed by atoms with Crippen LogP contribution in [0.1, 0.15) is 15.2 Å². The van der Waals surface area contributed by atoms with Crippen molar-refractivity contribution in [1.29, 1.82) is 0 Å². The Kier molecular flexibility index (Phi) is 5.65. The molecule has 2 aromatic carbocycles. The number of nitrogens with one attached hydrogen (secondary N) is 1. The van der Waals surface area contributed by atoms with Crippen molar-refractivity contribution in [2.75, 3.05) is 29.2 Å². The summed E-state index contributed by atoms with van der Waals surface area (Å²) < 4.78 is 12.7. The maximum Gasteiger partial charge on any atom is 0.270 e. The van der Waals surface area contributed by atoms with Crippen LogP contribution in [0.4, 0.5) is 28.8 Å². The molecule has 1 aliphatic rings. The van der Waals surface area contributed by atoms with Gasteiger partial charge in [-0.1, -0.05) is 30.3 Å². The lowest BCUT2D eigenvalue weighted by atomic mass is 10.2. The molecule has 1 aliphatic heterocycles. The summed E-state index contributed by atoms with van der Waals surface area (Å²) in [6.07, 6.45) is 1.65. The van der Waals surface area contributed by atoms with E-state index in [1.54, 1.807) is 18.1 Å². The molecule has 0 spiro atoms. The molecular formula is C24H21N5O2S2. The molecule has 0 bridgehead atoms. The van der Waals surface area contributed by atoms with Gasteiger partial charge in [-0.05, 0) is 41.3 Å². The van der Waals surface area contributed by atoms with Crippen molar-refractivity contribution in [3.8, 4) is 0 Å². The first-order valence-electron chi connectivity index (χ1n) is 10.3. The van der Waals surface area contributed by atoms with Crippen molar-refractivity contribution in [3.63, 3.8) is 0 Å². The zero-order chi connectivity index (χ0) is 22.9. The second-order valence-corrected chi connectivity index (χ2v) is 9.95. The minimum atomic E-state index is -1.12. The molecule has 5 rings (SSSR count). The summed E-state index contributed by atoms with van der Waals surface area (Å²) in [5, 5.41) is 5.11. The van der Waals surface area contributed by atoms with Crippen molar-refractivity contribution < 1.29 is 9.00 Å². The first-order chi connectivity index (χ1) is 16.0. The predicted octanol–water partition coefficient (Wildman–Crippen LogP) is 4.95. The molecule has 1 amide bonds. The minimum absolute atomic E-state index is 0.0750. The van der Waals surface area contributed by atoms with Gasteiger partial charge in [0.2, 0.25) is 5.95 Å². The number of thiophene rings is 1. The number of hydrogen-bond donors (Lipinski definition) is 1. The van der Waals surface area contributed by atoms with Crippen LogP contribution < -0.4 is 15.1 Å². The molecule has 1 atom stereocenters. The Balaban J connectivity index is 1.36. The van der Waals surface area contributed by atoms with Crippen LogP contribution in [-0.4, -0.2) is 34.2 Å². The summed E-state index contributed by atoms with van der Waals surface area (Å²) in [5.41, 5.74) is 3.29. The quantitative estimate of drug-likeness (QED) is 0.440. The fourth-order valence-corrected chi connectivity index (χ4v) is 5.64. The van der Waals surface area contributed by atoms with Crippen LogP contribution in [0.3, 0.4) is 0 Å². The lowest BCUT2D eigenvalue weighted by molar-refractivity contribution is 0.0998. The molecule has 1 N–H and O–H groups in total. The SMILES string of the molecule is CN1C(=O)c2sccc2N(C)c2nc(Nc3ccc(S(=O)Cc4ccccc4)cc3)ncc21. The first-order valence-corrected chi connectivity index (χ1v) is 12.5. The molecule has 4 aromatic rings. The standard InChI is InChI=1S/C24H21N5O2S2/c1-28-19-12-13-32-21(19)23(30)29(2)20-14-25-24(27-22(20)28)26-17-8-10-18(11-9-17)33(31)15-16-6-4-3-5-7-16/h3-14H,15H2,1-2H3,(H,25,26,27). The van der Waals surface area contributed by atoms with Crippen LogP contribution in [-0.2, 0) is 16.6 Å². The highest BCUT2D eigenvalue weighted by Crippen LogP contribution is 2.40. The number of aromatic nitrogens is 2. The zero-order valence-electron chi connectivity index (χ0n) is 18.1. The van der Waals surface area contributed by atoms with Gasteiger partial charge >= 0.3 is 0 Å². The van der Waals surface area contributed by atoms with E-state index < -0.39 is 10.8 Å². The second kappa shape index (κ2) is 8.76. The van der Waals surface area contributed by atoms with E-state index >= 15 is 0 Å². The van der Waals surface area contributed by atoms with Crippen molar-refractivity contribution in [2.45, 2.75) is 10.6 Å². The maximum atomic E-state index is 12.8. The molecule has 0 saturated heterocycles. The van der Waals surface area contributed by atoms with Gasteiger partial charge in [-0.25, -0.2) is 4.98 Å². The average molecular weight is 476 g/mol. The number of nitrogens with zero attached hydrogens (tertiary/aromatic N) is 4. The lowest BCUT2D eigenvalue weighted by Crippen LogP contribution is -2.25. The molecule has 9 heteroatoms. The highest BCUT2D eigenvalue weighted by Gasteiger charge is 2.30. The summed E-state index contributed by atoms with van der Waals surface area (Å²) in [7, 11) is 2.50. The normalized spacial score (nSPS) is 13.8. The number of carbonyl (C=O) groups is 1. The number of hydrogen-bond acceptors (Lipinski definition) is 7. The summed E-state index contributed by atoms with van der Waals surface area (Å²) in [5.74, 6) is 1.46. The summed E-state index contributed by atoms with van der Waals surface area (Å²) in [6.45, 7) is 0. The van der Waals surface area contributed by atoms with Crippen molar-refractivity contribution in [3.05, 3.63) is 82.7 Å². The van der Waals surface area contributed by atoms with Crippen LogP contribution in [0.2, 0.25) is 0 Å². The van der Waals surface area contributed by atoms with E-state index in [4.69, 9.17) is 0 Å². The topological polar surface area (TPSA) is 78.4 Å². The minimum Gasteiger partial charge on any atom is -0.326 e. The Bertz CT molecular complexity index is 1340. The molecule has 0 fully saturated rings. The molecule has 0 radical (unpaired) electrons. The van der Waals surface area contributed by atoms with Crippen LogP contribution in [0.5, 0.6) is 0 Å². The van der Waals surface area contributed by atoms with Crippen LogP contribution >= 0.6 is 11.3 Å². The maximum absolute atomic E-state index is 12.8. The number of fused-ring (bicyclic) bond motifs is 2. The Morgan fingerprint density at radius 2 is 1.73 bits per heavy atom. The molecule has 7 nitrogen and oxygen atoms in total. The summed E-state index contributed by atoms with van der Waals surface area (Å²) in [6, 6.07) is 19.1. The van der Waals surface area contributed by atoms with Crippen molar-refractivity contribution >= 4 is 56.9 Å². The van der Waals surface area contributed by atoms with Gasteiger partial charge in [-0.15, -0.1) is 11.3 Å². The van der Waals surface area contributed by atoms with Gasteiger partial charge in [0.05, 0.1) is 28.4 Å². The lowest BCUT2D eigenvalue weighted by Gasteiger charge is -2.20. The molecule has 2 aromatic heterocycles. The van der Waals surface area contributed by atoms with Gasteiger partial charge in [0.15, 0.2) is 5.82 Å². The van der Waals surface area contributed by atoms with Gasteiger partial charge < -0.3 is 15.1 Å². The van der Waals surface area contributed by atoms with Crippen molar-refractivity contribution in [2.24, 2.45) is 0 Å². The van der Waals surface area contributed by atoms with E-state index in [0.29, 0.717) is 28.1 Å². The van der Waals surface area contributed by atoms with E-state index in [-0.39, 0.29) is 5.91 Å². The highest BCUT2D eigenvalue weighted by molar-refractivity contribution is 7.84. The molecule has 166 valence electrons. The smallest absolute Gasteiger partial charge is 0.270 e. The fourth-order valence-electron chi connectivity index (χ4n) is 3.64. The van der Waals surface area contributed by atoms with Crippen LogP contribution in [0.15, 0.2) is 77.1 Å². The first kappa shape index (κ1) is 21.3. The van der Waals surface area contributed by atoms with E-state index in [9.17, 15) is 9.00 Å². The number of carbonyl (C=O) groups excluding carboxylic acids is 1. The Morgan fingerprint density at radius 3 is 2.48 bits per heavy atom. The van der Waals surface area contributed by atoms with Gasteiger partial charge in [0.25, 0.3) is 5.91 Å². The van der Waals surface area contributed by atoms with Gasteiger partial charge in [-0.2, -0.15) is 4.98 Å². The second-order valence-electron chi connectivity index (χ2n) is 7.59. The monoisotopic (exact) mass is 475 g/mol. The highest BCUT2D eigenvalue weighted by atomic mass is 32.2. The third-order valence-electron chi connectivity index (χ3n) is 5.45. The molecule has 0 aliphatic carbocycles. The van der Waals surface area contributed by atoms with E-state index in [0.717, 1.165) is 21.8 Å². The average Bonchev–Trinajstić information content (AvgIpc) is 3.31. The number of anilines is 5. The fraction of sp³-hybridized carbons (Fsp3) is 0.125. The largest absolute Gasteiger partial charge is 0.326 e. The molecule has 1 unspecified atom stereocenters. The van der Waals surface area contributed by atoms with Crippen LogP contribution in [0, 0.1) is 0 Å². The third kappa shape index (κ3) is 4.12. The van der Waals surface area contributed by atoms with E-state index in [1.165, 1.54) is 11.3 Å². The van der Waals surface area contributed by atoms with Gasteiger partial charge in [0.1, 0.15) is 10.6 Å². The van der Waals surface area contributed by atoms with E-state index in [2.05, 4.69) is 15.3 Å². The Morgan fingerprint density at radius 1 is 0.970 bits per heavy atom. The van der Waals surface area contributed by atoms with E-state index in [1.807, 2.05) is 78.0 Å². The number of amides is 1. The molecule has 3 heterocycles. The summed E-state index contributed by atoms with van der Waals surface area (Å²) in [4.78, 5) is 26.8. The molecule has 0 saturated carbocycles. The number of benzene rings is 2. The Hall–Kier alpha value is -3.56. The predicted molar refractivity (Wildman–Crippen MR) is 133 cm³/mol. The number of rotatable bonds is 5. The third-order valence-corrected chi connectivity index (χ3v) is 7.73. The molecular weight excluding hydrogens is 454 g/mol. The van der Waals surface area contributed by atoms with Crippen molar-refractivity contribution in [1.82, 2.24) is 9.97 Å².